The van der Waals surface area contributed by atoms with Crippen LogP contribution in [-0.4, -0.2) is 19.0 Å². The number of nitrogens with zero attached hydrogens (tertiary/aromatic N) is 3. The number of benzene rings is 1. The van der Waals surface area contributed by atoms with Crippen LogP contribution >= 0.6 is 23.2 Å². The summed E-state index contributed by atoms with van der Waals surface area (Å²) in [6.07, 6.45) is 0. The van der Waals surface area contributed by atoms with Crippen molar-refractivity contribution in [3.63, 3.8) is 0 Å². The summed E-state index contributed by atoms with van der Waals surface area (Å²) in [6, 6.07) is 4.18. The van der Waals surface area contributed by atoms with E-state index in [4.69, 9.17) is 34.5 Å². The number of amides is 1. The van der Waals surface area contributed by atoms with Crippen molar-refractivity contribution in [1.29, 1.82) is 0 Å². The molecule has 18 heavy (non-hydrogen) atoms. The van der Waals surface area contributed by atoms with Gasteiger partial charge in [-0.15, -0.1) is 0 Å². The molecule has 0 aliphatic rings. The molecule has 1 rings (SSSR count). The Hall–Kier alpha value is -1.46. The van der Waals surface area contributed by atoms with Gasteiger partial charge in [-0.3, -0.25) is 4.79 Å². The fraction of sp³-hybridized carbons (Fsp3) is 0.300. The molecule has 1 amide bonds. The highest BCUT2D eigenvalue weighted by Gasteiger charge is 2.20. The van der Waals surface area contributed by atoms with Gasteiger partial charge in [-0.05, 0) is 17.2 Å². The van der Waals surface area contributed by atoms with E-state index in [9.17, 15) is 4.79 Å². The fourth-order valence-corrected chi connectivity index (χ4v) is 1.83. The van der Waals surface area contributed by atoms with E-state index in [0.29, 0.717) is 17.1 Å². The van der Waals surface area contributed by atoms with Crippen molar-refractivity contribution in [2.45, 2.75) is 6.04 Å². The molecule has 0 aliphatic heterocycles. The van der Waals surface area contributed by atoms with Gasteiger partial charge < -0.3 is 11.1 Å². The smallest absolute Gasteiger partial charge is 0.239 e. The number of carbonyl (C=O) groups is 1. The quantitative estimate of drug-likeness (QED) is 0.363. The Bertz CT molecular complexity index is 487. The Labute approximate surface area is 114 Å². The molecule has 8 heteroatoms. The molecule has 1 aromatic rings. The van der Waals surface area contributed by atoms with E-state index in [-0.39, 0.29) is 11.6 Å². The number of hydrogen-bond acceptors (Lipinski definition) is 3. The highest BCUT2D eigenvalue weighted by atomic mass is 35.5. The molecule has 1 aromatic carbocycles. The van der Waals surface area contributed by atoms with Crippen LogP contribution in [0, 0.1) is 0 Å². The lowest BCUT2D eigenvalue weighted by Crippen LogP contribution is -2.35. The van der Waals surface area contributed by atoms with E-state index in [0.717, 1.165) is 0 Å². The zero-order valence-electron chi connectivity index (χ0n) is 9.31. The summed E-state index contributed by atoms with van der Waals surface area (Å²) < 4.78 is 0. The number of azide groups is 1. The predicted molar refractivity (Wildman–Crippen MR) is 70.4 cm³/mol. The van der Waals surface area contributed by atoms with E-state index in [1.807, 2.05) is 0 Å². The van der Waals surface area contributed by atoms with Crippen molar-refractivity contribution in [1.82, 2.24) is 5.32 Å². The summed E-state index contributed by atoms with van der Waals surface area (Å²) in [7, 11) is 0. The Balaban J connectivity index is 2.87. The fourth-order valence-electron chi connectivity index (χ4n) is 1.41. The number of primary amides is 1. The number of hydrogen-bond donors (Lipinski definition) is 2. The molecule has 0 heterocycles. The minimum atomic E-state index is -0.773. The van der Waals surface area contributed by atoms with E-state index < -0.39 is 11.9 Å². The van der Waals surface area contributed by atoms with Gasteiger partial charge in [0.15, 0.2) is 0 Å². The second-order valence-corrected chi connectivity index (χ2v) is 4.17. The van der Waals surface area contributed by atoms with Gasteiger partial charge in [-0.2, -0.15) is 0 Å². The molecule has 0 aliphatic carbocycles. The molecule has 1 atom stereocenters. The van der Waals surface area contributed by atoms with Gasteiger partial charge >= 0.3 is 0 Å². The summed E-state index contributed by atoms with van der Waals surface area (Å²) in [6.45, 7) is 0.513. The van der Waals surface area contributed by atoms with Crippen molar-refractivity contribution >= 4 is 29.1 Å². The van der Waals surface area contributed by atoms with Gasteiger partial charge in [-0.25, -0.2) is 0 Å². The number of nitrogens with two attached hydrogens (primary N) is 1. The molecule has 6 nitrogen and oxygen atoms in total. The third kappa shape index (κ3) is 3.78. The highest BCUT2D eigenvalue weighted by Crippen LogP contribution is 2.29. The maximum atomic E-state index is 11.4. The van der Waals surface area contributed by atoms with E-state index in [2.05, 4.69) is 15.3 Å². The second-order valence-electron chi connectivity index (χ2n) is 3.39. The summed E-state index contributed by atoms with van der Waals surface area (Å²) in [4.78, 5) is 14.0. The molecular weight excluding hydrogens is 277 g/mol. The maximum absolute atomic E-state index is 11.4. The Morgan fingerprint density at radius 2 is 2.28 bits per heavy atom. The minimum Gasteiger partial charge on any atom is -0.368 e. The van der Waals surface area contributed by atoms with E-state index in [1.54, 1.807) is 18.2 Å². The molecule has 1 unspecified atom stereocenters. The van der Waals surface area contributed by atoms with Crippen molar-refractivity contribution in [2.24, 2.45) is 10.8 Å². The number of halogens is 2. The van der Waals surface area contributed by atoms with Crippen molar-refractivity contribution in [3.05, 3.63) is 44.3 Å². The molecule has 3 N–H and O–H groups in total. The Kier molecular flexibility index (Phi) is 5.74. The standard InChI is InChI=1S/C10H11Cl2N5O/c11-7-3-1-2-6(8(7)12)9(10(13)18)15-4-5-16-17-14/h1-3,9,15H,4-5H2,(H2,13,18). The molecule has 0 fully saturated rings. The summed E-state index contributed by atoms with van der Waals surface area (Å²) in [5.41, 5.74) is 13.9. The molecule has 0 bridgehead atoms. The molecular formula is C10H11Cl2N5O. The molecule has 0 saturated carbocycles. The molecule has 0 spiro atoms. The molecule has 96 valence electrons. The van der Waals surface area contributed by atoms with E-state index >= 15 is 0 Å². The molecule has 0 radical (unpaired) electrons. The van der Waals surface area contributed by atoms with Crippen LogP contribution in [0.15, 0.2) is 23.3 Å². The van der Waals surface area contributed by atoms with Crippen molar-refractivity contribution < 1.29 is 4.79 Å². The first-order chi connectivity index (χ1) is 8.57. The van der Waals surface area contributed by atoms with Crippen LogP contribution in [-0.2, 0) is 4.79 Å². The van der Waals surface area contributed by atoms with Crippen LogP contribution in [0.3, 0.4) is 0 Å². The average molecular weight is 288 g/mol. The largest absolute Gasteiger partial charge is 0.368 e. The average Bonchev–Trinajstić information content (AvgIpc) is 2.33. The van der Waals surface area contributed by atoms with Crippen LogP contribution < -0.4 is 11.1 Å². The predicted octanol–water partition coefficient (Wildman–Crippen LogP) is 2.42. The van der Waals surface area contributed by atoms with Gasteiger partial charge in [0, 0.05) is 18.0 Å². The van der Waals surface area contributed by atoms with Gasteiger partial charge in [0.25, 0.3) is 0 Å². The highest BCUT2D eigenvalue weighted by molar-refractivity contribution is 6.42. The number of nitrogens with one attached hydrogen (secondary N) is 1. The van der Waals surface area contributed by atoms with Gasteiger partial charge in [0.1, 0.15) is 6.04 Å². The summed E-state index contributed by atoms with van der Waals surface area (Å²) >= 11 is 11.9. The van der Waals surface area contributed by atoms with Crippen LogP contribution in [0.4, 0.5) is 0 Å². The van der Waals surface area contributed by atoms with Gasteiger partial charge in [0.05, 0.1) is 10.0 Å². The molecule has 0 saturated heterocycles. The zero-order valence-corrected chi connectivity index (χ0v) is 10.8. The van der Waals surface area contributed by atoms with Crippen LogP contribution in [0.2, 0.25) is 10.0 Å². The topological polar surface area (TPSA) is 104 Å². The third-order valence-corrected chi connectivity index (χ3v) is 3.03. The van der Waals surface area contributed by atoms with E-state index in [1.165, 1.54) is 0 Å². The monoisotopic (exact) mass is 287 g/mol. The van der Waals surface area contributed by atoms with Crippen LogP contribution in [0.25, 0.3) is 10.4 Å². The van der Waals surface area contributed by atoms with Crippen LogP contribution in [0.1, 0.15) is 11.6 Å². The first-order valence-corrected chi connectivity index (χ1v) is 5.81. The lowest BCUT2D eigenvalue weighted by Gasteiger charge is -2.17. The summed E-state index contributed by atoms with van der Waals surface area (Å²) in [5, 5.41) is 6.82. The van der Waals surface area contributed by atoms with Crippen molar-refractivity contribution in [3.8, 4) is 0 Å². The van der Waals surface area contributed by atoms with Gasteiger partial charge in [0.2, 0.25) is 5.91 Å². The zero-order chi connectivity index (χ0) is 13.5. The number of carbonyl (C=O) groups excluding carboxylic acids is 1. The lowest BCUT2D eigenvalue weighted by molar-refractivity contribution is -0.120. The van der Waals surface area contributed by atoms with Crippen LogP contribution in [0.5, 0.6) is 0 Å². The van der Waals surface area contributed by atoms with Crippen molar-refractivity contribution in [2.75, 3.05) is 13.1 Å². The lowest BCUT2D eigenvalue weighted by atomic mass is 10.1. The third-order valence-electron chi connectivity index (χ3n) is 2.20. The Morgan fingerprint density at radius 3 is 2.89 bits per heavy atom. The summed E-state index contributed by atoms with van der Waals surface area (Å²) in [5.74, 6) is -0.583. The number of rotatable bonds is 6. The molecule has 0 aromatic heterocycles. The minimum absolute atomic E-state index is 0.207. The normalized spacial score (nSPS) is 11.7. The first-order valence-electron chi connectivity index (χ1n) is 5.05. The maximum Gasteiger partial charge on any atom is 0.239 e. The SMILES string of the molecule is [N-]=[N+]=NCCNC(C(N)=O)c1cccc(Cl)c1Cl. The second kappa shape index (κ2) is 7.08. The Morgan fingerprint density at radius 1 is 1.56 bits per heavy atom. The first kappa shape index (κ1) is 14.6. The van der Waals surface area contributed by atoms with Gasteiger partial charge in [-0.1, -0.05) is 40.4 Å².